The van der Waals surface area contributed by atoms with Gasteiger partial charge in [0.05, 0.1) is 4.70 Å². The van der Waals surface area contributed by atoms with Gasteiger partial charge in [0.15, 0.2) is 0 Å². The van der Waals surface area contributed by atoms with Crippen molar-refractivity contribution in [3.05, 3.63) is 30.0 Å². The molecule has 15 heavy (non-hydrogen) atoms. The van der Waals surface area contributed by atoms with Crippen molar-refractivity contribution < 1.29 is 0 Å². The topological polar surface area (TPSA) is 24.9 Å². The molecule has 2 aromatic rings. The molecule has 0 saturated carbocycles. The van der Waals surface area contributed by atoms with Crippen LogP contribution in [-0.4, -0.2) is 17.5 Å². The molecule has 2 nitrogen and oxygen atoms in total. The van der Waals surface area contributed by atoms with Crippen LogP contribution in [0.1, 0.15) is 12.0 Å². The molecule has 3 heteroatoms. The third-order valence-corrected chi connectivity index (χ3v) is 3.88. The lowest BCUT2D eigenvalue weighted by atomic mass is 9.98. The number of hydrogen-bond acceptors (Lipinski definition) is 3. The molecule has 1 aliphatic rings. The molecule has 0 aliphatic carbocycles. The second-order valence-corrected chi connectivity index (χ2v) is 5.09. The number of benzene rings is 1. The Morgan fingerprint density at radius 3 is 3.33 bits per heavy atom. The maximum absolute atomic E-state index is 4.20. The smallest absolute Gasteiger partial charge is 0.0550 e. The van der Waals surface area contributed by atoms with E-state index in [4.69, 9.17) is 0 Å². The van der Waals surface area contributed by atoms with Crippen molar-refractivity contribution in [3.8, 4) is 0 Å². The van der Waals surface area contributed by atoms with E-state index < -0.39 is 0 Å². The summed E-state index contributed by atoms with van der Waals surface area (Å²) in [6, 6.07) is 6.74. The van der Waals surface area contributed by atoms with E-state index in [1.807, 2.05) is 6.20 Å². The molecular formula is C12H14N2S. The van der Waals surface area contributed by atoms with Gasteiger partial charge in [0.25, 0.3) is 0 Å². The average Bonchev–Trinajstić information content (AvgIpc) is 2.87. The molecule has 2 heterocycles. The molecular weight excluding hydrogens is 204 g/mol. The molecule has 1 unspecified atom stereocenters. The van der Waals surface area contributed by atoms with Crippen LogP contribution in [0.5, 0.6) is 0 Å². The van der Waals surface area contributed by atoms with Crippen LogP contribution in [0, 0.1) is 5.92 Å². The fraction of sp³-hybridized carbons (Fsp3) is 0.417. The zero-order chi connectivity index (χ0) is 10.1. The molecule has 0 spiro atoms. The highest BCUT2D eigenvalue weighted by Gasteiger charge is 2.14. The summed E-state index contributed by atoms with van der Waals surface area (Å²) in [7, 11) is 0. The van der Waals surface area contributed by atoms with Crippen molar-refractivity contribution in [2.24, 2.45) is 5.92 Å². The number of fused-ring (bicyclic) bond motifs is 1. The van der Waals surface area contributed by atoms with Crippen molar-refractivity contribution in [3.63, 3.8) is 0 Å². The molecule has 0 bridgehead atoms. The predicted molar refractivity (Wildman–Crippen MR) is 64.3 cm³/mol. The highest BCUT2D eigenvalue weighted by Crippen LogP contribution is 2.22. The quantitative estimate of drug-likeness (QED) is 0.837. The minimum Gasteiger partial charge on any atom is -0.316 e. The summed E-state index contributed by atoms with van der Waals surface area (Å²) in [6.07, 6.45) is 4.50. The van der Waals surface area contributed by atoms with Crippen LogP contribution in [0.15, 0.2) is 24.4 Å². The van der Waals surface area contributed by atoms with E-state index in [0.29, 0.717) is 0 Å². The van der Waals surface area contributed by atoms with Crippen molar-refractivity contribution in [1.29, 1.82) is 0 Å². The first-order chi connectivity index (χ1) is 7.42. The van der Waals surface area contributed by atoms with Crippen LogP contribution in [0.2, 0.25) is 0 Å². The van der Waals surface area contributed by atoms with E-state index in [9.17, 15) is 0 Å². The summed E-state index contributed by atoms with van der Waals surface area (Å²) >= 11 is 1.58. The summed E-state index contributed by atoms with van der Waals surface area (Å²) in [5.41, 5.74) is 1.46. The molecule has 1 atom stereocenters. The molecule has 0 amide bonds. The summed E-state index contributed by atoms with van der Waals surface area (Å²) in [4.78, 5) is 0. The van der Waals surface area contributed by atoms with Crippen LogP contribution in [0.3, 0.4) is 0 Å². The van der Waals surface area contributed by atoms with Gasteiger partial charge >= 0.3 is 0 Å². The zero-order valence-electron chi connectivity index (χ0n) is 8.57. The Hall–Kier alpha value is -0.930. The Morgan fingerprint density at radius 1 is 1.47 bits per heavy atom. The lowest BCUT2D eigenvalue weighted by molar-refractivity contribution is 0.580. The molecule has 0 radical (unpaired) electrons. The molecule has 1 saturated heterocycles. The number of hydrogen-bond donors (Lipinski definition) is 1. The van der Waals surface area contributed by atoms with E-state index in [0.717, 1.165) is 5.92 Å². The third-order valence-electron chi connectivity index (χ3n) is 3.10. The summed E-state index contributed by atoms with van der Waals surface area (Å²) in [5.74, 6) is 0.828. The van der Waals surface area contributed by atoms with Gasteiger partial charge in [0.2, 0.25) is 0 Å². The van der Waals surface area contributed by atoms with Gasteiger partial charge in [0, 0.05) is 11.6 Å². The van der Waals surface area contributed by atoms with E-state index in [-0.39, 0.29) is 0 Å². The molecule has 78 valence electrons. The minimum absolute atomic E-state index is 0.828. The minimum atomic E-state index is 0.828. The fourth-order valence-electron chi connectivity index (χ4n) is 2.27. The highest BCUT2D eigenvalue weighted by atomic mass is 32.1. The van der Waals surface area contributed by atoms with E-state index in [1.54, 1.807) is 11.5 Å². The summed E-state index contributed by atoms with van der Waals surface area (Å²) < 4.78 is 5.50. The van der Waals surface area contributed by atoms with Crippen molar-refractivity contribution in [1.82, 2.24) is 9.69 Å². The number of rotatable bonds is 2. The maximum Gasteiger partial charge on any atom is 0.0550 e. The van der Waals surface area contributed by atoms with Crippen LogP contribution < -0.4 is 5.32 Å². The second-order valence-electron chi connectivity index (χ2n) is 4.26. The summed E-state index contributed by atoms with van der Waals surface area (Å²) in [6.45, 7) is 2.37. The van der Waals surface area contributed by atoms with E-state index >= 15 is 0 Å². The van der Waals surface area contributed by atoms with Crippen LogP contribution in [-0.2, 0) is 6.42 Å². The van der Waals surface area contributed by atoms with Crippen molar-refractivity contribution >= 4 is 21.6 Å². The predicted octanol–water partition coefficient (Wildman–Crippen LogP) is 2.45. The fourth-order valence-corrected chi connectivity index (χ4v) is 2.90. The zero-order valence-corrected chi connectivity index (χ0v) is 9.39. The molecule has 1 aromatic heterocycles. The Morgan fingerprint density at radius 2 is 2.47 bits per heavy atom. The van der Waals surface area contributed by atoms with Gasteiger partial charge in [-0.1, -0.05) is 6.07 Å². The van der Waals surface area contributed by atoms with Crippen LogP contribution in [0.25, 0.3) is 10.1 Å². The number of aromatic nitrogens is 1. The van der Waals surface area contributed by atoms with E-state index in [1.165, 1.54) is 41.6 Å². The average molecular weight is 218 g/mol. The molecule has 1 aliphatic heterocycles. The Bertz CT molecular complexity index is 457. The van der Waals surface area contributed by atoms with Gasteiger partial charge in [0.1, 0.15) is 0 Å². The summed E-state index contributed by atoms with van der Waals surface area (Å²) in [5, 5.41) is 4.71. The largest absolute Gasteiger partial charge is 0.316 e. The normalized spacial score (nSPS) is 21.2. The third kappa shape index (κ3) is 1.90. The van der Waals surface area contributed by atoms with E-state index in [2.05, 4.69) is 27.9 Å². The van der Waals surface area contributed by atoms with Gasteiger partial charge in [-0.2, -0.15) is 4.37 Å². The van der Waals surface area contributed by atoms with Gasteiger partial charge in [-0.05, 0) is 61.1 Å². The first kappa shape index (κ1) is 9.31. The van der Waals surface area contributed by atoms with Crippen molar-refractivity contribution in [2.45, 2.75) is 12.8 Å². The standard InChI is InChI=1S/C12H14N2S/c1-2-12-11(8-14-15-12)6-9(1)5-10-3-4-13-7-10/h1-2,6,8,10,13H,3-5,7H2. The first-order valence-electron chi connectivity index (χ1n) is 5.46. The number of nitrogens with zero attached hydrogens (tertiary/aromatic N) is 1. The Labute approximate surface area is 93.5 Å². The van der Waals surface area contributed by atoms with Crippen LogP contribution in [0.4, 0.5) is 0 Å². The van der Waals surface area contributed by atoms with Gasteiger partial charge < -0.3 is 5.32 Å². The second kappa shape index (κ2) is 3.91. The van der Waals surface area contributed by atoms with Gasteiger partial charge in [-0.15, -0.1) is 0 Å². The monoisotopic (exact) mass is 218 g/mol. The van der Waals surface area contributed by atoms with Gasteiger partial charge in [-0.25, -0.2) is 0 Å². The highest BCUT2D eigenvalue weighted by molar-refractivity contribution is 7.13. The SMILES string of the molecule is c1cc2sncc2cc1CC1CCNC1. The first-order valence-corrected chi connectivity index (χ1v) is 6.23. The molecule has 3 rings (SSSR count). The molecule has 1 fully saturated rings. The number of nitrogens with one attached hydrogen (secondary N) is 1. The Balaban J connectivity index is 1.84. The van der Waals surface area contributed by atoms with Crippen LogP contribution >= 0.6 is 11.5 Å². The lowest BCUT2D eigenvalue weighted by Crippen LogP contribution is -2.10. The van der Waals surface area contributed by atoms with Crippen molar-refractivity contribution in [2.75, 3.05) is 13.1 Å². The Kier molecular flexibility index (Phi) is 2.43. The maximum atomic E-state index is 4.20. The molecule has 1 aromatic carbocycles. The lowest BCUT2D eigenvalue weighted by Gasteiger charge is -2.07. The molecule has 1 N–H and O–H groups in total. The van der Waals surface area contributed by atoms with Gasteiger partial charge in [-0.3, -0.25) is 0 Å².